The molecule has 0 spiro atoms. The summed E-state index contributed by atoms with van der Waals surface area (Å²) in [7, 11) is -3.13. The molecule has 0 unspecified atom stereocenters. The Kier molecular flexibility index (Phi) is 5.46. The quantitative estimate of drug-likeness (QED) is 0.640. The number of piperidine rings is 1. The number of aromatic nitrogens is 4. The molecule has 0 radical (unpaired) electrons. The molecule has 2 aromatic heterocycles. The maximum Gasteiger partial charge on any atom is 0.223 e. The average Bonchev–Trinajstić information content (AvgIpc) is 3.10. The van der Waals surface area contributed by atoms with Gasteiger partial charge in [-0.1, -0.05) is 30.3 Å². The summed E-state index contributed by atoms with van der Waals surface area (Å²) < 4.78 is 27.3. The molecule has 32 heavy (non-hydrogen) atoms. The van der Waals surface area contributed by atoms with Gasteiger partial charge in [-0.3, -0.25) is 0 Å². The first kappa shape index (κ1) is 21.1. The van der Waals surface area contributed by atoms with E-state index in [-0.39, 0.29) is 6.04 Å². The highest BCUT2D eigenvalue weighted by Gasteiger charge is 2.28. The topological polar surface area (TPSA) is 93.0 Å². The molecule has 1 aliphatic heterocycles. The molecule has 0 bridgehead atoms. The maximum atomic E-state index is 11.8. The van der Waals surface area contributed by atoms with Crippen LogP contribution in [0.4, 0.5) is 5.95 Å². The van der Waals surface area contributed by atoms with Gasteiger partial charge < -0.3 is 9.88 Å². The number of nitrogens with zero attached hydrogens (tertiary/aromatic N) is 5. The standard InChI is InChI=1S/C23H28N6O2S/c1-16-25-20-9-8-18-14-24-23(26-19-10-12-28(13-11-19)32(2,30)31)27-21(18)22(20)29(16)15-17-6-4-3-5-7-17/h3-7,14,19H,8-13,15H2,1-2H3,(H,24,26,27). The summed E-state index contributed by atoms with van der Waals surface area (Å²) in [5.74, 6) is 1.59. The van der Waals surface area contributed by atoms with Crippen molar-refractivity contribution < 1.29 is 8.42 Å². The van der Waals surface area contributed by atoms with E-state index in [1.807, 2.05) is 12.3 Å². The minimum Gasteiger partial charge on any atom is -0.351 e. The highest BCUT2D eigenvalue weighted by Crippen LogP contribution is 2.33. The SMILES string of the molecule is Cc1nc2c(n1Cc1ccccc1)-c1nc(NC3CCN(S(C)(=O)=O)CC3)ncc1CC2. The van der Waals surface area contributed by atoms with Gasteiger partial charge in [0, 0.05) is 31.9 Å². The molecule has 3 heterocycles. The van der Waals surface area contributed by atoms with Crippen LogP contribution in [-0.4, -0.2) is 57.6 Å². The van der Waals surface area contributed by atoms with Crippen molar-refractivity contribution >= 4 is 16.0 Å². The number of nitrogens with one attached hydrogen (secondary N) is 1. The fourth-order valence-corrected chi connectivity index (χ4v) is 5.53. The molecule has 3 aromatic rings. The smallest absolute Gasteiger partial charge is 0.223 e. The monoisotopic (exact) mass is 452 g/mol. The lowest BCUT2D eigenvalue weighted by atomic mass is 9.97. The Morgan fingerprint density at radius 2 is 1.84 bits per heavy atom. The van der Waals surface area contributed by atoms with E-state index in [0.29, 0.717) is 19.0 Å². The van der Waals surface area contributed by atoms with Crippen molar-refractivity contribution in [2.45, 2.75) is 45.2 Å². The van der Waals surface area contributed by atoms with Gasteiger partial charge in [0.25, 0.3) is 0 Å². The van der Waals surface area contributed by atoms with Crippen LogP contribution in [-0.2, 0) is 29.4 Å². The zero-order chi connectivity index (χ0) is 22.3. The van der Waals surface area contributed by atoms with Crippen molar-refractivity contribution in [3.63, 3.8) is 0 Å². The third-order valence-corrected chi connectivity index (χ3v) is 7.69. The van der Waals surface area contributed by atoms with Gasteiger partial charge in [0.05, 0.1) is 23.3 Å². The summed E-state index contributed by atoms with van der Waals surface area (Å²) in [6.07, 6.45) is 6.45. The zero-order valence-corrected chi connectivity index (χ0v) is 19.3. The lowest BCUT2D eigenvalue weighted by molar-refractivity contribution is 0.331. The van der Waals surface area contributed by atoms with Crippen LogP contribution in [0, 0.1) is 6.92 Å². The lowest BCUT2D eigenvalue weighted by Gasteiger charge is -2.30. The predicted molar refractivity (Wildman–Crippen MR) is 124 cm³/mol. The molecule has 2 aliphatic rings. The maximum absolute atomic E-state index is 11.8. The summed E-state index contributed by atoms with van der Waals surface area (Å²) in [6, 6.07) is 10.6. The van der Waals surface area contributed by atoms with Crippen LogP contribution in [0.1, 0.15) is 35.5 Å². The molecule has 168 valence electrons. The van der Waals surface area contributed by atoms with E-state index in [0.717, 1.165) is 60.7 Å². The Morgan fingerprint density at radius 1 is 1.09 bits per heavy atom. The molecule has 5 rings (SSSR count). The summed E-state index contributed by atoms with van der Waals surface area (Å²) in [4.78, 5) is 14.3. The largest absolute Gasteiger partial charge is 0.351 e. The van der Waals surface area contributed by atoms with Crippen molar-refractivity contribution in [1.29, 1.82) is 0 Å². The molecule has 1 fully saturated rings. The fraction of sp³-hybridized carbons (Fsp3) is 0.435. The summed E-state index contributed by atoms with van der Waals surface area (Å²) in [5.41, 5.74) is 5.51. The summed E-state index contributed by atoms with van der Waals surface area (Å²) in [5, 5.41) is 3.44. The average molecular weight is 453 g/mol. The van der Waals surface area contributed by atoms with Gasteiger partial charge in [0.2, 0.25) is 16.0 Å². The molecular weight excluding hydrogens is 424 g/mol. The third-order valence-electron chi connectivity index (χ3n) is 6.39. The van der Waals surface area contributed by atoms with Crippen LogP contribution in [0.2, 0.25) is 0 Å². The number of hydrogen-bond donors (Lipinski definition) is 1. The molecule has 0 atom stereocenters. The number of benzene rings is 1. The second-order valence-corrected chi connectivity index (χ2v) is 10.7. The van der Waals surface area contributed by atoms with Crippen molar-refractivity contribution in [3.05, 3.63) is 59.2 Å². The number of rotatable bonds is 5. The zero-order valence-electron chi connectivity index (χ0n) is 18.5. The van der Waals surface area contributed by atoms with Gasteiger partial charge in [0.15, 0.2) is 0 Å². The van der Waals surface area contributed by atoms with Crippen molar-refractivity contribution in [3.8, 4) is 11.4 Å². The van der Waals surface area contributed by atoms with Crippen molar-refractivity contribution in [2.75, 3.05) is 24.7 Å². The van der Waals surface area contributed by atoms with E-state index in [4.69, 9.17) is 9.97 Å². The molecule has 8 nitrogen and oxygen atoms in total. The number of hydrogen-bond acceptors (Lipinski definition) is 6. The van der Waals surface area contributed by atoms with Crippen LogP contribution in [0.25, 0.3) is 11.4 Å². The second-order valence-electron chi connectivity index (χ2n) is 8.67. The Balaban J connectivity index is 1.40. The van der Waals surface area contributed by atoms with Crippen LogP contribution in [0.15, 0.2) is 36.5 Å². The van der Waals surface area contributed by atoms with E-state index in [2.05, 4.69) is 46.1 Å². The van der Waals surface area contributed by atoms with E-state index in [9.17, 15) is 8.42 Å². The van der Waals surface area contributed by atoms with Gasteiger partial charge in [-0.05, 0) is 43.7 Å². The third kappa shape index (κ3) is 4.14. The van der Waals surface area contributed by atoms with E-state index >= 15 is 0 Å². The van der Waals surface area contributed by atoms with Gasteiger partial charge >= 0.3 is 0 Å². The van der Waals surface area contributed by atoms with E-state index in [1.54, 1.807) is 0 Å². The lowest BCUT2D eigenvalue weighted by Crippen LogP contribution is -2.42. The number of fused-ring (bicyclic) bond motifs is 3. The molecule has 0 amide bonds. The van der Waals surface area contributed by atoms with Crippen LogP contribution >= 0.6 is 0 Å². The highest BCUT2D eigenvalue weighted by molar-refractivity contribution is 7.88. The van der Waals surface area contributed by atoms with Gasteiger partial charge in [-0.15, -0.1) is 0 Å². The number of anilines is 1. The van der Waals surface area contributed by atoms with Gasteiger partial charge in [-0.25, -0.2) is 27.7 Å². The van der Waals surface area contributed by atoms with Crippen LogP contribution < -0.4 is 5.32 Å². The Hall–Kier alpha value is -2.78. The first-order chi connectivity index (χ1) is 15.4. The second kappa shape index (κ2) is 8.29. The molecular formula is C23H28N6O2S. The molecule has 9 heteroatoms. The Labute approximate surface area is 188 Å². The van der Waals surface area contributed by atoms with Crippen molar-refractivity contribution in [1.82, 2.24) is 23.8 Å². The Morgan fingerprint density at radius 3 is 2.56 bits per heavy atom. The minimum absolute atomic E-state index is 0.157. The molecule has 1 saturated heterocycles. The number of sulfonamides is 1. The summed E-state index contributed by atoms with van der Waals surface area (Å²) >= 11 is 0. The normalized spacial score (nSPS) is 17.1. The molecule has 1 aromatic carbocycles. The van der Waals surface area contributed by atoms with E-state index in [1.165, 1.54) is 16.1 Å². The van der Waals surface area contributed by atoms with Crippen LogP contribution in [0.5, 0.6) is 0 Å². The highest BCUT2D eigenvalue weighted by atomic mass is 32.2. The Bertz CT molecular complexity index is 1230. The van der Waals surface area contributed by atoms with Gasteiger partial charge in [0.1, 0.15) is 5.82 Å². The van der Waals surface area contributed by atoms with E-state index < -0.39 is 10.0 Å². The van der Waals surface area contributed by atoms with Crippen molar-refractivity contribution in [2.24, 2.45) is 0 Å². The van der Waals surface area contributed by atoms with Gasteiger partial charge in [-0.2, -0.15) is 0 Å². The fourth-order valence-electron chi connectivity index (χ4n) is 4.66. The predicted octanol–water partition coefficient (Wildman–Crippen LogP) is 2.63. The first-order valence-corrected chi connectivity index (χ1v) is 12.9. The minimum atomic E-state index is -3.13. The number of aryl methyl sites for hydroxylation is 3. The summed E-state index contributed by atoms with van der Waals surface area (Å²) in [6.45, 7) is 3.85. The number of imidazole rings is 1. The molecule has 0 saturated carbocycles. The first-order valence-electron chi connectivity index (χ1n) is 11.1. The molecule has 1 aliphatic carbocycles. The van der Waals surface area contributed by atoms with Crippen LogP contribution in [0.3, 0.4) is 0 Å². The molecule has 1 N–H and O–H groups in total.